The van der Waals surface area contributed by atoms with Crippen LogP contribution in [0.3, 0.4) is 0 Å². The highest BCUT2D eigenvalue weighted by atomic mass is 35.5. The summed E-state index contributed by atoms with van der Waals surface area (Å²) in [4.78, 5) is -0.0493. The molecule has 1 fully saturated rings. The third-order valence-corrected chi connectivity index (χ3v) is 8.23. The molecule has 0 bridgehead atoms. The van der Waals surface area contributed by atoms with Crippen molar-refractivity contribution in [1.29, 1.82) is 0 Å². The van der Waals surface area contributed by atoms with E-state index in [9.17, 15) is 16.8 Å². The lowest BCUT2D eigenvalue weighted by atomic mass is 10.4. The zero-order valence-corrected chi connectivity index (χ0v) is 17.0. The lowest BCUT2D eigenvalue weighted by Gasteiger charge is -2.18. The van der Waals surface area contributed by atoms with Gasteiger partial charge in [0.25, 0.3) is 20.0 Å². The summed E-state index contributed by atoms with van der Waals surface area (Å²) in [5.74, 6) is 0.405. The molecule has 0 unspecified atom stereocenters. The van der Waals surface area contributed by atoms with Crippen molar-refractivity contribution in [1.82, 2.24) is 4.31 Å². The van der Waals surface area contributed by atoms with Crippen LogP contribution in [0.4, 0.5) is 0 Å². The first-order valence-corrected chi connectivity index (χ1v) is 11.8. The van der Waals surface area contributed by atoms with Gasteiger partial charge in [0.1, 0.15) is 0 Å². The highest BCUT2D eigenvalue weighted by Gasteiger charge is 2.33. The number of thioether (sulfide) groups is 1. The normalized spacial score (nSPS) is 17.0. The van der Waals surface area contributed by atoms with Crippen LogP contribution in [0.5, 0.6) is 0 Å². The minimum Gasteiger partial charge on any atom is -0.243 e. The first-order chi connectivity index (χ1) is 12.2. The average Bonchev–Trinajstić information content (AvgIpc) is 3.04. The van der Waals surface area contributed by atoms with Crippen molar-refractivity contribution in [3.05, 3.63) is 58.6 Å². The van der Waals surface area contributed by atoms with Gasteiger partial charge in [-0.2, -0.15) is 8.42 Å². The zero-order chi connectivity index (χ0) is 18.9. The average molecular weight is 451 g/mol. The van der Waals surface area contributed by atoms with Crippen LogP contribution in [-0.4, -0.2) is 38.6 Å². The predicted molar refractivity (Wildman–Crippen MR) is 104 cm³/mol. The molecule has 0 N–H and O–H groups in total. The monoisotopic (exact) mass is 450 g/mol. The fourth-order valence-corrected chi connectivity index (χ4v) is 6.45. The molecular weight excluding hydrogens is 439 g/mol. The van der Waals surface area contributed by atoms with Gasteiger partial charge in [-0.25, -0.2) is 12.7 Å². The van der Waals surface area contributed by atoms with Gasteiger partial charge in [-0.3, -0.25) is 0 Å². The molecule has 0 radical (unpaired) electrons. The predicted octanol–water partition coefficient (Wildman–Crippen LogP) is 3.48. The lowest BCUT2D eigenvalue weighted by molar-refractivity contribution is 0.540. The Kier molecular flexibility index (Phi) is 5.55. The van der Waals surface area contributed by atoms with Gasteiger partial charge in [0.2, 0.25) is 0 Å². The van der Waals surface area contributed by atoms with Crippen molar-refractivity contribution in [3.63, 3.8) is 0 Å². The maximum Gasteiger partial charge on any atom is 0.284 e. The summed E-state index contributed by atoms with van der Waals surface area (Å²) >= 11 is 12.6. The summed E-state index contributed by atoms with van der Waals surface area (Å²) in [7, 11) is -7.99. The van der Waals surface area contributed by atoms with Gasteiger partial charge in [0.15, 0.2) is 5.17 Å². The molecule has 1 heterocycles. The molecule has 1 saturated heterocycles. The van der Waals surface area contributed by atoms with Crippen LogP contribution >= 0.6 is 35.0 Å². The number of nitrogens with zero attached hydrogens (tertiary/aromatic N) is 2. The highest BCUT2D eigenvalue weighted by Crippen LogP contribution is 2.28. The fourth-order valence-electron chi connectivity index (χ4n) is 2.18. The number of benzene rings is 2. The summed E-state index contributed by atoms with van der Waals surface area (Å²) < 4.78 is 55.3. The summed E-state index contributed by atoms with van der Waals surface area (Å²) in [6.07, 6.45) is 0. The van der Waals surface area contributed by atoms with Crippen molar-refractivity contribution in [3.8, 4) is 0 Å². The molecular formula is C15H12Cl2N2O4S3. The molecule has 11 heteroatoms. The Labute approximate surface area is 165 Å². The Bertz CT molecular complexity index is 1050. The van der Waals surface area contributed by atoms with E-state index < -0.39 is 20.0 Å². The lowest BCUT2D eigenvalue weighted by Crippen LogP contribution is -2.32. The molecule has 0 amide bonds. The van der Waals surface area contributed by atoms with Gasteiger partial charge in [0.05, 0.1) is 9.79 Å². The van der Waals surface area contributed by atoms with Gasteiger partial charge in [-0.1, -0.05) is 35.0 Å². The van der Waals surface area contributed by atoms with Crippen molar-refractivity contribution < 1.29 is 16.8 Å². The number of rotatable bonds is 4. The minimum absolute atomic E-state index is 0.0148. The number of halogens is 2. The zero-order valence-electron chi connectivity index (χ0n) is 13.0. The van der Waals surface area contributed by atoms with E-state index in [1.165, 1.54) is 48.5 Å². The van der Waals surface area contributed by atoms with E-state index in [2.05, 4.69) is 4.40 Å². The van der Waals surface area contributed by atoms with E-state index in [1.807, 2.05) is 0 Å². The van der Waals surface area contributed by atoms with Gasteiger partial charge in [-0.15, -0.1) is 4.40 Å². The van der Waals surface area contributed by atoms with Crippen molar-refractivity contribution in [2.45, 2.75) is 9.79 Å². The second-order valence-corrected chi connectivity index (χ2v) is 10.6. The van der Waals surface area contributed by atoms with Crippen molar-refractivity contribution >= 4 is 60.2 Å². The second-order valence-electron chi connectivity index (χ2n) is 5.18. The maximum absolute atomic E-state index is 12.8. The second kappa shape index (κ2) is 7.40. The van der Waals surface area contributed by atoms with E-state index in [1.54, 1.807) is 0 Å². The molecule has 26 heavy (non-hydrogen) atoms. The van der Waals surface area contributed by atoms with Gasteiger partial charge in [-0.05, 0) is 48.5 Å². The molecule has 1 aliphatic heterocycles. The number of hydrogen-bond acceptors (Lipinski definition) is 5. The summed E-state index contributed by atoms with van der Waals surface area (Å²) in [5, 5.41) is 0.702. The van der Waals surface area contributed by atoms with Crippen LogP contribution in [-0.2, 0) is 20.0 Å². The number of amidine groups is 1. The van der Waals surface area contributed by atoms with Crippen molar-refractivity contribution in [2.75, 3.05) is 12.3 Å². The minimum atomic E-state index is -4.06. The van der Waals surface area contributed by atoms with Crippen LogP contribution in [0.1, 0.15) is 0 Å². The Balaban J connectivity index is 1.98. The first-order valence-electron chi connectivity index (χ1n) is 7.22. The summed E-state index contributed by atoms with van der Waals surface area (Å²) in [5.41, 5.74) is 0. The van der Waals surface area contributed by atoms with Crippen LogP contribution < -0.4 is 0 Å². The van der Waals surface area contributed by atoms with Crippen molar-refractivity contribution in [2.24, 2.45) is 4.40 Å². The SMILES string of the molecule is O=S(=O)(/N=C1\SCCN1S(=O)(=O)c1ccc(Cl)cc1)c1ccc(Cl)cc1. The van der Waals surface area contributed by atoms with Gasteiger partial charge >= 0.3 is 0 Å². The molecule has 0 aliphatic carbocycles. The number of sulfonamides is 2. The molecule has 1 aliphatic rings. The Hall–Kier alpha value is -1.26. The fraction of sp³-hybridized carbons (Fsp3) is 0.133. The molecule has 2 aromatic rings. The molecule has 0 aromatic heterocycles. The molecule has 0 atom stereocenters. The largest absolute Gasteiger partial charge is 0.284 e. The molecule has 3 rings (SSSR count). The molecule has 138 valence electrons. The van der Waals surface area contributed by atoms with E-state index in [0.29, 0.717) is 15.8 Å². The maximum atomic E-state index is 12.8. The topological polar surface area (TPSA) is 83.9 Å². The summed E-state index contributed by atoms with van der Waals surface area (Å²) in [6.45, 7) is 0.130. The van der Waals surface area contributed by atoms with Crippen LogP contribution in [0.2, 0.25) is 10.0 Å². The Morgan fingerprint density at radius 3 is 1.88 bits per heavy atom. The molecule has 0 saturated carbocycles. The first kappa shape index (κ1) is 19.5. The number of hydrogen-bond donors (Lipinski definition) is 0. The van der Waals surface area contributed by atoms with Gasteiger partial charge in [0, 0.05) is 22.3 Å². The van der Waals surface area contributed by atoms with E-state index in [0.717, 1.165) is 16.1 Å². The smallest absolute Gasteiger partial charge is 0.243 e. The Morgan fingerprint density at radius 2 is 1.35 bits per heavy atom. The third kappa shape index (κ3) is 4.01. The van der Waals surface area contributed by atoms with E-state index in [-0.39, 0.29) is 21.5 Å². The van der Waals surface area contributed by atoms with E-state index >= 15 is 0 Å². The molecule has 2 aromatic carbocycles. The third-order valence-electron chi connectivity index (χ3n) is 3.45. The standard InChI is InChI=1S/C15H12Cl2N2O4S3/c16-11-1-5-13(6-2-11)25(20,21)18-15-19(9-10-24-15)26(22,23)14-7-3-12(17)4-8-14/h1-8H,9-10H2/b18-15-. The van der Waals surface area contributed by atoms with E-state index in [4.69, 9.17) is 23.2 Å². The molecule has 0 spiro atoms. The van der Waals surface area contributed by atoms with Crippen LogP contribution in [0, 0.1) is 0 Å². The Morgan fingerprint density at radius 1 is 0.846 bits per heavy atom. The van der Waals surface area contributed by atoms with Gasteiger partial charge < -0.3 is 0 Å². The quantitative estimate of drug-likeness (QED) is 0.711. The molecule has 6 nitrogen and oxygen atoms in total. The highest BCUT2D eigenvalue weighted by molar-refractivity contribution is 8.16. The summed E-state index contributed by atoms with van der Waals surface area (Å²) in [6, 6.07) is 11.1. The van der Waals surface area contributed by atoms with Crippen LogP contribution in [0.15, 0.2) is 62.7 Å². The van der Waals surface area contributed by atoms with Crippen LogP contribution in [0.25, 0.3) is 0 Å².